The molecule has 2 N–H and O–H groups in total. The van der Waals surface area contributed by atoms with Crippen LogP contribution in [0.15, 0.2) is 30.3 Å². The van der Waals surface area contributed by atoms with E-state index in [1.807, 2.05) is 27.1 Å². The normalized spacial score (nSPS) is 10.7. The largest absolute Gasteiger partial charge is 0.369 e. The molecule has 0 aliphatic carbocycles. The molecule has 0 aliphatic rings. The second-order valence-corrected chi connectivity index (χ2v) is 5.08. The lowest BCUT2D eigenvalue weighted by Crippen LogP contribution is -2.21. The Labute approximate surface area is 124 Å². The molecule has 0 bridgehead atoms. The second kappa shape index (κ2) is 6.99. The van der Waals surface area contributed by atoms with Crippen LogP contribution < -0.4 is 10.6 Å². The molecule has 0 radical (unpaired) electrons. The van der Waals surface area contributed by atoms with Gasteiger partial charge in [-0.05, 0) is 45.3 Å². The Kier molecular flexibility index (Phi) is 5.05. The van der Waals surface area contributed by atoms with E-state index in [4.69, 9.17) is 0 Å². The smallest absolute Gasteiger partial charge is 0.229 e. The molecule has 0 amide bonds. The maximum Gasteiger partial charge on any atom is 0.229 e. The van der Waals surface area contributed by atoms with Gasteiger partial charge in [-0.3, -0.25) is 0 Å². The van der Waals surface area contributed by atoms with Crippen LogP contribution in [0.2, 0.25) is 0 Å². The van der Waals surface area contributed by atoms with Crippen LogP contribution in [0.25, 0.3) is 0 Å². The molecule has 2 rings (SSSR count). The Hall–Kier alpha value is -2.21. The van der Waals surface area contributed by atoms with Crippen LogP contribution in [0.1, 0.15) is 5.69 Å². The van der Waals surface area contributed by atoms with Crippen molar-refractivity contribution in [3.8, 4) is 0 Å². The average Bonchev–Trinajstić information content (AvgIpc) is 2.40. The number of anilines is 3. The van der Waals surface area contributed by atoms with Crippen molar-refractivity contribution < 1.29 is 4.39 Å². The van der Waals surface area contributed by atoms with Gasteiger partial charge in [0.1, 0.15) is 11.6 Å². The summed E-state index contributed by atoms with van der Waals surface area (Å²) in [5.41, 5.74) is 1.61. The minimum absolute atomic E-state index is 0.267. The van der Waals surface area contributed by atoms with Crippen molar-refractivity contribution in [2.45, 2.75) is 6.92 Å². The molecule has 1 aromatic carbocycles. The van der Waals surface area contributed by atoms with Gasteiger partial charge in [-0.1, -0.05) is 0 Å². The van der Waals surface area contributed by atoms with Gasteiger partial charge in [0.2, 0.25) is 5.95 Å². The quantitative estimate of drug-likeness (QED) is 0.856. The second-order valence-electron chi connectivity index (χ2n) is 5.08. The first-order valence-electron chi connectivity index (χ1n) is 6.80. The van der Waals surface area contributed by atoms with E-state index in [9.17, 15) is 4.39 Å². The van der Waals surface area contributed by atoms with E-state index in [0.29, 0.717) is 5.95 Å². The Morgan fingerprint density at radius 3 is 2.52 bits per heavy atom. The number of aryl methyl sites for hydroxylation is 1. The number of halogens is 1. The summed E-state index contributed by atoms with van der Waals surface area (Å²) in [6.45, 7) is 3.64. The van der Waals surface area contributed by atoms with Crippen molar-refractivity contribution in [3.05, 3.63) is 41.8 Å². The first-order chi connectivity index (χ1) is 10.0. The van der Waals surface area contributed by atoms with Crippen LogP contribution in [0.5, 0.6) is 0 Å². The van der Waals surface area contributed by atoms with Crippen LogP contribution in [0.3, 0.4) is 0 Å². The minimum atomic E-state index is -0.267. The van der Waals surface area contributed by atoms with E-state index in [1.54, 1.807) is 12.1 Å². The number of hydrogen-bond donors (Lipinski definition) is 2. The highest BCUT2D eigenvalue weighted by atomic mass is 19.1. The SMILES string of the molecule is Cc1cc(NCCN(C)C)nc(Nc2ccc(F)cc2)n1. The number of rotatable bonds is 6. The first-order valence-corrected chi connectivity index (χ1v) is 6.80. The lowest BCUT2D eigenvalue weighted by Gasteiger charge is -2.12. The van der Waals surface area contributed by atoms with Crippen molar-refractivity contribution >= 4 is 17.5 Å². The van der Waals surface area contributed by atoms with E-state index in [0.717, 1.165) is 30.3 Å². The molecule has 21 heavy (non-hydrogen) atoms. The van der Waals surface area contributed by atoms with Gasteiger partial charge in [0.15, 0.2) is 0 Å². The van der Waals surface area contributed by atoms with E-state index < -0.39 is 0 Å². The van der Waals surface area contributed by atoms with E-state index in [2.05, 4.69) is 25.5 Å². The molecule has 2 aromatic rings. The number of benzene rings is 1. The number of likely N-dealkylation sites (N-methyl/N-ethyl adjacent to an activating group) is 1. The maximum absolute atomic E-state index is 12.9. The summed E-state index contributed by atoms with van der Waals surface area (Å²) in [7, 11) is 4.04. The van der Waals surface area contributed by atoms with Gasteiger partial charge in [0, 0.05) is 30.5 Å². The third-order valence-corrected chi connectivity index (χ3v) is 2.82. The van der Waals surface area contributed by atoms with Crippen molar-refractivity contribution in [2.24, 2.45) is 0 Å². The monoisotopic (exact) mass is 289 g/mol. The molecule has 1 heterocycles. The summed E-state index contributed by atoms with van der Waals surface area (Å²) >= 11 is 0. The van der Waals surface area contributed by atoms with Crippen LogP contribution in [0.4, 0.5) is 21.8 Å². The molecule has 1 aromatic heterocycles. The van der Waals surface area contributed by atoms with Gasteiger partial charge in [0.25, 0.3) is 0 Å². The highest BCUT2D eigenvalue weighted by Crippen LogP contribution is 2.16. The third-order valence-electron chi connectivity index (χ3n) is 2.82. The number of aromatic nitrogens is 2. The summed E-state index contributed by atoms with van der Waals surface area (Å²) in [5.74, 6) is 1.000. The molecule has 0 spiro atoms. The van der Waals surface area contributed by atoms with Gasteiger partial charge in [-0.2, -0.15) is 4.98 Å². The summed E-state index contributed by atoms with van der Waals surface area (Å²) in [4.78, 5) is 10.8. The highest BCUT2D eigenvalue weighted by molar-refractivity contribution is 5.55. The van der Waals surface area contributed by atoms with E-state index in [-0.39, 0.29) is 5.82 Å². The highest BCUT2D eigenvalue weighted by Gasteiger charge is 2.03. The summed E-state index contributed by atoms with van der Waals surface area (Å²) in [6.07, 6.45) is 0. The lowest BCUT2D eigenvalue weighted by molar-refractivity contribution is 0.425. The summed E-state index contributed by atoms with van der Waals surface area (Å²) < 4.78 is 12.9. The molecule has 112 valence electrons. The fourth-order valence-electron chi connectivity index (χ4n) is 1.78. The Morgan fingerprint density at radius 1 is 1.14 bits per heavy atom. The van der Waals surface area contributed by atoms with Crippen LogP contribution >= 0.6 is 0 Å². The Bertz CT molecular complexity index is 583. The molecular weight excluding hydrogens is 269 g/mol. The van der Waals surface area contributed by atoms with Gasteiger partial charge >= 0.3 is 0 Å². The zero-order valence-electron chi connectivity index (χ0n) is 12.5. The van der Waals surface area contributed by atoms with Crippen molar-refractivity contribution in [2.75, 3.05) is 37.8 Å². The zero-order chi connectivity index (χ0) is 15.2. The fraction of sp³-hybridized carbons (Fsp3) is 0.333. The van der Waals surface area contributed by atoms with E-state index >= 15 is 0 Å². The van der Waals surface area contributed by atoms with Gasteiger partial charge in [0.05, 0.1) is 0 Å². The van der Waals surface area contributed by atoms with Crippen molar-refractivity contribution in [3.63, 3.8) is 0 Å². The van der Waals surface area contributed by atoms with Gasteiger partial charge < -0.3 is 15.5 Å². The molecular formula is C15H20FN5. The third kappa shape index (κ3) is 5.00. The summed E-state index contributed by atoms with van der Waals surface area (Å²) in [5, 5.41) is 6.33. The van der Waals surface area contributed by atoms with Crippen LogP contribution in [0, 0.1) is 12.7 Å². The van der Waals surface area contributed by atoms with Gasteiger partial charge in [-0.15, -0.1) is 0 Å². The fourth-order valence-corrected chi connectivity index (χ4v) is 1.78. The number of nitrogens with one attached hydrogen (secondary N) is 2. The topological polar surface area (TPSA) is 53.1 Å². The predicted octanol–water partition coefficient (Wildman–Crippen LogP) is 2.64. The van der Waals surface area contributed by atoms with E-state index in [1.165, 1.54) is 12.1 Å². The van der Waals surface area contributed by atoms with Crippen molar-refractivity contribution in [1.29, 1.82) is 0 Å². The predicted molar refractivity (Wildman–Crippen MR) is 83.5 cm³/mol. The summed E-state index contributed by atoms with van der Waals surface area (Å²) in [6, 6.07) is 7.99. The molecule has 0 saturated heterocycles. The molecule has 0 atom stereocenters. The Morgan fingerprint density at radius 2 is 1.86 bits per heavy atom. The standard InChI is InChI=1S/C15H20FN5/c1-11-10-14(17-8-9-21(2)3)20-15(18-11)19-13-6-4-12(16)5-7-13/h4-7,10H,8-9H2,1-3H3,(H2,17,18,19,20). The van der Waals surface area contributed by atoms with Crippen LogP contribution in [-0.2, 0) is 0 Å². The van der Waals surface area contributed by atoms with Gasteiger partial charge in [-0.25, -0.2) is 9.37 Å². The number of hydrogen-bond acceptors (Lipinski definition) is 5. The van der Waals surface area contributed by atoms with Crippen molar-refractivity contribution in [1.82, 2.24) is 14.9 Å². The first kappa shape index (κ1) is 15.2. The molecule has 5 nitrogen and oxygen atoms in total. The molecule has 6 heteroatoms. The average molecular weight is 289 g/mol. The molecule has 0 aliphatic heterocycles. The maximum atomic E-state index is 12.9. The molecule has 0 unspecified atom stereocenters. The Balaban J connectivity index is 2.05. The minimum Gasteiger partial charge on any atom is -0.369 e. The molecule has 0 fully saturated rings. The lowest BCUT2D eigenvalue weighted by atomic mass is 10.3. The zero-order valence-corrected chi connectivity index (χ0v) is 12.5. The van der Waals surface area contributed by atoms with Crippen LogP contribution in [-0.4, -0.2) is 42.1 Å². The number of nitrogens with zero attached hydrogens (tertiary/aromatic N) is 3. The molecule has 0 saturated carbocycles.